The van der Waals surface area contributed by atoms with Gasteiger partial charge in [0, 0.05) is 0 Å². The largest absolute Gasteiger partial charge is 0.492 e. The highest BCUT2D eigenvalue weighted by Crippen LogP contribution is 2.29. The molecule has 1 amide bonds. The molecule has 2 aromatic heterocycles. The molecule has 0 aliphatic heterocycles. The minimum Gasteiger partial charge on any atom is -0.492 e. The number of thiazole rings is 1. The van der Waals surface area contributed by atoms with Crippen molar-refractivity contribution >= 4 is 34.5 Å². The molecule has 0 unspecified atom stereocenters. The average molecular weight is 391 g/mol. The normalized spacial score (nSPS) is 10.8. The van der Waals surface area contributed by atoms with Crippen molar-refractivity contribution in [3.8, 4) is 10.9 Å². The summed E-state index contributed by atoms with van der Waals surface area (Å²) in [5, 5.41) is 8.51. The fourth-order valence-electron chi connectivity index (χ4n) is 2.52. The molecular formula is C18H19ClN4O2S. The van der Waals surface area contributed by atoms with Crippen LogP contribution in [0.1, 0.15) is 33.7 Å². The number of aryl methyl sites for hydroxylation is 2. The molecule has 0 atom stereocenters. The van der Waals surface area contributed by atoms with Gasteiger partial charge in [0.2, 0.25) is 5.13 Å². The van der Waals surface area contributed by atoms with Crippen LogP contribution in [-0.4, -0.2) is 27.3 Å². The fraction of sp³-hybridized carbons (Fsp3) is 0.278. The molecule has 26 heavy (non-hydrogen) atoms. The van der Waals surface area contributed by atoms with Crippen molar-refractivity contribution in [1.82, 2.24) is 14.8 Å². The minimum absolute atomic E-state index is 0.231. The van der Waals surface area contributed by atoms with Crippen LogP contribution in [-0.2, 0) is 0 Å². The lowest BCUT2D eigenvalue weighted by atomic mass is 10.2. The van der Waals surface area contributed by atoms with Gasteiger partial charge in [-0.05, 0) is 39.8 Å². The molecule has 3 rings (SSSR count). The van der Waals surface area contributed by atoms with Gasteiger partial charge in [0.25, 0.3) is 5.91 Å². The summed E-state index contributed by atoms with van der Waals surface area (Å²) in [5.41, 5.74) is 2.79. The summed E-state index contributed by atoms with van der Waals surface area (Å²) >= 11 is 7.49. The van der Waals surface area contributed by atoms with Crippen LogP contribution in [0.4, 0.5) is 5.69 Å². The molecule has 0 aliphatic rings. The zero-order valence-corrected chi connectivity index (χ0v) is 16.5. The van der Waals surface area contributed by atoms with Crippen molar-refractivity contribution < 1.29 is 9.53 Å². The van der Waals surface area contributed by atoms with Crippen molar-refractivity contribution in [2.24, 2.45) is 0 Å². The lowest BCUT2D eigenvalue weighted by molar-refractivity contribution is 0.102. The zero-order valence-electron chi connectivity index (χ0n) is 15.0. The predicted octanol–water partition coefficient (Wildman–Crippen LogP) is 4.56. The third-order valence-electron chi connectivity index (χ3n) is 3.81. The van der Waals surface area contributed by atoms with E-state index in [0.29, 0.717) is 38.8 Å². The summed E-state index contributed by atoms with van der Waals surface area (Å²) in [7, 11) is 0. The average Bonchev–Trinajstić information content (AvgIpc) is 3.12. The Bertz CT molecular complexity index is 964. The maximum atomic E-state index is 12.7. The van der Waals surface area contributed by atoms with Crippen LogP contribution >= 0.6 is 22.9 Å². The SMILES string of the molecule is CCOc1ccccc1NC(=O)c1sc(-n2nc(C)c(Cl)c2C)nc1C. The van der Waals surface area contributed by atoms with E-state index in [1.807, 2.05) is 39.0 Å². The second kappa shape index (κ2) is 7.47. The number of nitrogens with one attached hydrogen (secondary N) is 1. The number of halogens is 1. The molecule has 0 aliphatic carbocycles. The van der Waals surface area contributed by atoms with Gasteiger partial charge in [-0.25, -0.2) is 9.67 Å². The number of hydrogen-bond donors (Lipinski definition) is 1. The van der Waals surface area contributed by atoms with E-state index in [1.54, 1.807) is 17.7 Å². The molecule has 0 fully saturated rings. The fourth-order valence-corrected chi connectivity index (χ4v) is 3.61. The smallest absolute Gasteiger partial charge is 0.267 e. The lowest BCUT2D eigenvalue weighted by Crippen LogP contribution is -2.12. The molecule has 3 aromatic rings. The van der Waals surface area contributed by atoms with Crippen LogP contribution < -0.4 is 10.1 Å². The van der Waals surface area contributed by atoms with Gasteiger partial charge in [-0.2, -0.15) is 5.10 Å². The quantitative estimate of drug-likeness (QED) is 0.693. The van der Waals surface area contributed by atoms with Gasteiger partial charge in [-0.15, -0.1) is 0 Å². The number of hydrogen-bond acceptors (Lipinski definition) is 5. The second-order valence-electron chi connectivity index (χ2n) is 5.69. The predicted molar refractivity (Wildman–Crippen MR) is 104 cm³/mol. The number of nitrogens with zero attached hydrogens (tertiary/aromatic N) is 3. The van der Waals surface area contributed by atoms with Crippen molar-refractivity contribution in [3.63, 3.8) is 0 Å². The van der Waals surface area contributed by atoms with Crippen LogP contribution in [0.3, 0.4) is 0 Å². The Labute approximate surface area is 160 Å². The van der Waals surface area contributed by atoms with Crippen molar-refractivity contribution in [3.05, 3.63) is 51.2 Å². The Balaban J connectivity index is 1.90. The van der Waals surface area contributed by atoms with Gasteiger partial charge in [0.15, 0.2) is 0 Å². The number of aromatic nitrogens is 3. The van der Waals surface area contributed by atoms with Crippen LogP contribution in [0.2, 0.25) is 5.02 Å². The molecule has 0 radical (unpaired) electrons. The number of anilines is 1. The Hall–Kier alpha value is -2.38. The highest BCUT2D eigenvalue weighted by Gasteiger charge is 2.20. The van der Waals surface area contributed by atoms with Crippen molar-refractivity contribution in [2.75, 3.05) is 11.9 Å². The number of carbonyl (C=O) groups excluding carboxylic acids is 1. The Morgan fingerprint density at radius 2 is 2.00 bits per heavy atom. The van der Waals surface area contributed by atoms with Crippen LogP contribution in [0.5, 0.6) is 5.75 Å². The van der Waals surface area contributed by atoms with Gasteiger partial charge in [0.1, 0.15) is 10.6 Å². The molecule has 2 heterocycles. The van der Waals surface area contributed by atoms with Crippen LogP contribution in [0, 0.1) is 20.8 Å². The van der Waals surface area contributed by atoms with Crippen molar-refractivity contribution in [2.45, 2.75) is 27.7 Å². The summed E-state index contributed by atoms with van der Waals surface area (Å²) in [6.07, 6.45) is 0. The van der Waals surface area contributed by atoms with E-state index in [-0.39, 0.29) is 5.91 Å². The third kappa shape index (κ3) is 3.45. The molecule has 0 saturated heterocycles. The molecule has 0 saturated carbocycles. The summed E-state index contributed by atoms with van der Waals surface area (Å²) in [6, 6.07) is 7.34. The van der Waals surface area contributed by atoms with Gasteiger partial charge >= 0.3 is 0 Å². The van der Waals surface area contributed by atoms with E-state index in [1.165, 1.54) is 11.3 Å². The zero-order chi connectivity index (χ0) is 18.8. The van der Waals surface area contributed by atoms with Crippen molar-refractivity contribution in [1.29, 1.82) is 0 Å². The van der Waals surface area contributed by atoms with E-state index < -0.39 is 0 Å². The molecule has 0 bridgehead atoms. The maximum Gasteiger partial charge on any atom is 0.267 e. The first-order chi connectivity index (χ1) is 12.4. The molecule has 136 valence electrons. The summed E-state index contributed by atoms with van der Waals surface area (Å²) < 4.78 is 7.22. The lowest BCUT2D eigenvalue weighted by Gasteiger charge is -2.10. The van der Waals surface area contributed by atoms with E-state index in [9.17, 15) is 4.79 Å². The second-order valence-corrected chi connectivity index (χ2v) is 7.05. The molecule has 8 heteroatoms. The molecule has 1 aromatic carbocycles. The van der Waals surface area contributed by atoms with Gasteiger partial charge in [-0.1, -0.05) is 35.1 Å². The highest BCUT2D eigenvalue weighted by atomic mass is 35.5. The summed E-state index contributed by atoms with van der Waals surface area (Å²) in [4.78, 5) is 17.8. The summed E-state index contributed by atoms with van der Waals surface area (Å²) in [5.74, 6) is 0.405. The highest BCUT2D eigenvalue weighted by molar-refractivity contribution is 7.16. The standard InChI is InChI=1S/C18H19ClN4O2S/c1-5-25-14-9-7-6-8-13(14)21-17(24)16-11(3)20-18(26-16)23-12(4)15(19)10(2)22-23/h6-9H,5H2,1-4H3,(H,21,24). The van der Waals surface area contributed by atoms with E-state index in [0.717, 1.165) is 11.4 Å². The first kappa shape index (κ1) is 18.4. The molecule has 0 spiro atoms. The Kier molecular flexibility index (Phi) is 5.29. The van der Waals surface area contributed by atoms with Gasteiger partial charge < -0.3 is 10.1 Å². The maximum absolute atomic E-state index is 12.7. The Morgan fingerprint density at radius 1 is 1.27 bits per heavy atom. The number of carbonyl (C=O) groups is 1. The van der Waals surface area contributed by atoms with E-state index in [4.69, 9.17) is 16.3 Å². The first-order valence-electron chi connectivity index (χ1n) is 8.15. The number of para-hydroxylation sites is 2. The summed E-state index contributed by atoms with van der Waals surface area (Å²) in [6.45, 7) is 7.94. The molecule has 1 N–H and O–H groups in total. The van der Waals surface area contributed by atoms with Gasteiger partial charge in [-0.3, -0.25) is 4.79 Å². The van der Waals surface area contributed by atoms with Gasteiger partial charge in [0.05, 0.1) is 34.4 Å². The van der Waals surface area contributed by atoms with Crippen LogP contribution in [0.25, 0.3) is 5.13 Å². The molecular weight excluding hydrogens is 372 g/mol. The van der Waals surface area contributed by atoms with E-state index >= 15 is 0 Å². The minimum atomic E-state index is -0.231. The third-order valence-corrected chi connectivity index (χ3v) is 5.49. The topological polar surface area (TPSA) is 69.0 Å². The number of benzene rings is 1. The van der Waals surface area contributed by atoms with Crippen LogP contribution in [0.15, 0.2) is 24.3 Å². The number of amides is 1. The number of rotatable bonds is 5. The number of ether oxygens (including phenoxy) is 1. The molecule has 6 nitrogen and oxygen atoms in total. The Morgan fingerprint density at radius 3 is 2.65 bits per heavy atom. The van der Waals surface area contributed by atoms with E-state index in [2.05, 4.69) is 15.4 Å². The monoisotopic (exact) mass is 390 g/mol. The first-order valence-corrected chi connectivity index (χ1v) is 9.34.